The second-order valence-corrected chi connectivity index (χ2v) is 4.97. The van der Waals surface area contributed by atoms with Crippen LogP contribution < -0.4 is 4.90 Å². The fourth-order valence-electron chi connectivity index (χ4n) is 2.46. The minimum atomic E-state index is 0.610. The first-order valence-corrected chi connectivity index (χ1v) is 6.24. The second-order valence-electron chi connectivity index (χ2n) is 4.97. The van der Waals surface area contributed by atoms with Crippen molar-refractivity contribution < 1.29 is 0 Å². The molecule has 1 aromatic carbocycles. The van der Waals surface area contributed by atoms with E-state index in [1.807, 2.05) is 0 Å². The van der Waals surface area contributed by atoms with Gasteiger partial charge in [0.2, 0.25) is 0 Å². The number of rotatable bonds is 2. The van der Waals surface area contributed by atoms with Gasteiger partial charge in [0.25, 0.3) is 0 Å². The fourth-order valence-corrected chi connectivity index (χ4v) is 2.46. The highest BCUT2D eigenvalue weighted by Gasteiger charge is 2.24. The van der Waals surface area contributed by atoms with Crippen LogP contribution in [0.15, 0.2) is 30.3 Å². The molecular weight excluding hydrogens is 196 g/mol. The molecule has 88 valence electrons. The fraction of sp³-hybridized carbons (Fsp3) is 0.571. The Balaban J connectivity index is 2.05. The summed E-state index contributed by atoms with van der Waals surface area (Å²) in [4.78, 5) is 5.07. The van der Waals surface area contributed by atoms with Crippen molar-refractivity contribution in [3.05, 3.63) is 30.3 Å². The van der Waals surface area contributed by atoms with E-state index in [-0.39, 0.29) is 0 Å². The van der Waals surface area contributed by atoms with Gasteiger partial charge in [-0.1, -0.05) is 18.2 Å². The van der Waals surface area contributed by atoms with E-state index < -0.39 is 0 Å². The van der Waals surface area contributed by atoms with E-state index in [1.54, 1.807) is 0 Å². The Labute approximate surface area is 98.9 Å². The molecule has 0 amide bonds. The maximum Gasteiger partial charge on any atom is 0.0389 e. The largest absolute Gasteiger partial charge is 0.366 e. The molecule has 1 atom stereocenters. The minimum absolute atomic E-state index is 0.610. The first-order chi connectivity index (χ1) is 7.68. The van der Waals surface area contributed by atoms with Crippen LogP contribution in [0.3, 0.4) is 0 Å². The number of para-hydroxylation sites is 1. The van der Waals surface area contributed by atoms with Gasteiger partial charge in [-0.3, -0.25) is 4.90 Å². The SMILES string of the molecule is CC(C)N1CCN(c2ccccc2)[C@@H](C)C1. The van der Waals surface area contributed by atoms with Crippen LogP contribution in [0.5, 0.6) is 0 Å². The molecule has 0 spiro atoms. The molecule has 1 aliphatic rings. The summed E-state index contributed by atoms with van der Waals surface area (Å²) in [5, 5.41) is 0. The van der Waals surface area contributed by atoms with Crippen LogP contribution in [0.1, 0.15) is 20.8 Å². The van der Waals surface area contributed by atoms with Crippen molar-refractivity contribution in [2.24, 2.45) is 0 Å². The molecule has 1 aromatic rings. The third kappa shape index (κ3) is 2.38. The van der Waals surface area contributed by atoms with E-state index in [0.29, 0.717) is 12.1 Å². The summed E-state index contributed by atoms with van der Waals surface area (Å²) >= 11 is 0. The number of benzene rings is 1. The standard InChI is InChI=1S/C14H22N2/c1-12(2)15-9-10-16(13(3)11-15)14-7-5-4-6-8-14/h4-8,12-13H,9-11H2,1-3H3/t13-/m0/s1. The van der Waals surface area contributed by atoms with Crippen molar-refractivity contribution in [2.75, 3.05) is 24.5 Å². The molecule has 2 heteroatoms. The number of hydrogen-bond donors (Lipinski definition) is 0. The van der Waals surface area contributed by atoms with Gasteiger partial charge < -0.3 is 4.90 Å². The highest BCUT2D eigenvalue weighted by atomic mass is 15.3. The lowest BCUT2D eigenvalue weighted by molar-refractivity contribution is 0.185. The molecule has 2 rings (SSSR count). The van der Waals surface area contributed by atoms with Crippen LogP contribution >= 0.6 is 0 Å². The number of nitrogens with zero attached hydrogens (tertiary/aromatic N) is 2. The van der Waals surface area contributed by atoms with Gasteiger partial charge in [0.1, 0.15) is 0 Å². The van der Waals surface area contributed by atoms with Crippen LogP contribution in [0, 0.1) is 0 Å². The number of anilines is 1. The van der Waals surface area contributed by atoms with Crippen molar-refractivity contribution in [1.82, 2.24) is 4.90 Å². The minimum Gasteiger partial charge on any atom is -0.366 e. The highest BCUT2D eigenvalue weighted by Crippen LogP contribution is 2.20. The van der Waals surface area contributed by atoms with Crippen LogP contribution in [-0.4, -0.2) is 36.6 Å². The summed E-state index contributed by atoms with van der Waals surface area (Å²) in [6, 6.07) is 12.0. The van der Waals surface area contributed by atoms with Gasteiger partial charge >= 0.3 is 0 Å². The van der Waals surface area contributed by atoms with Gasteiger partial charge in [-0.05, 0) is 32.9 Å². The Morgan fingerprint density at radius 1 is 1.12 bits per heavy atom. The molecular formula is C14H22N2. The third-order valence-corrected chi connectivity index (χ3v) is 3.48. The zero-order chi connectivity index (χ0) is 11.5. The number of piperazine rings is 1. The molecule has 1 saturated heterocycles. The molecule has 2 nitrogen and oxygen atoms in total. The lowest BCUT2D eigenvalue weighted by atomic mass is 10.1. The van der Waals surface area contributed by atoms with Gasteiger partial charge in [-0.15, -0.1) is 0 Å². The first-order valence-electron chi connectivity index (χ1n) is 6.24. The van der Waals surface area contributed by atoms with E-state index in [1.165, 1.54) is 18.8 Å². The summed E-state index contributed by atoms with van der Waals surface area (Å²) in [5.74, 6) is 0. The Morgan fingerprint density at radius 3 is 2.38 bits per heavy atom. The highest BCUT2D eigenvalue weighted by molar-refractivity contribution is 5.47. The zero-order valence-corrected chi connectivity index (χ0v) is 10.6. The Morgan fingerprint density at radius 2 is 1.81 bits per heavy atom. The van der Waals surface area contributed by atoms with Gasteiger partial charge in [0.05, 0.1) is 0 Å². The summed E-state index contributed by atoms with van der Waals surface area (Å²) in [5.41, 5.74) is 1.36. The molecule has 0 aromatic heterocycles. The van der Waals surface area contributed by atoms with Gasteiger partial charge in [0, 0.05) is 37.4 Å². The lowest BCUT2D eigenvalue weighted by Gasteiger charge is -2.43. The topological polar surface area (TPSA) is 6.48 Å². The van der Waals surface area contributed by atoms with Crippen LogP contribution in [0.25, 0.3) is 0 Å². The van der Waals surface area contributed by atoms with E-state index >= 15 is 0 Å². The van der Waals surface area contributed by atoms with Crippen molar-refractivity contribution in [3.8, 4) is 0 Å². The number of hydrogen-bond acceptors (Lipinski definition) is 2. The van der Waals surface area contributed by atoms with Gasteiger partial charge in [-0.2, -0.15) is 0 Å². The summed E-state index contributed by atoms with van der Waals surface area (Å²) in [7, 11) is 0. The Hall–Kier alpha value is -1.02. The maximum atomic E-state index is 2.56. The van der Waals surface area contributed by atoms with E-state index in [0.717, 1.165) is 6.54 Å². The Bertz CT molecular complexity index is 321. The van der Waals surface area contributed by atoms with Crippen molar-refractivity contribution in [1.29, 1.82) is 0 Å². The first kappa shape index (κ1) is 11.5. The zero-order valence-electron chi connectivity index (χ0n) is 10.6. The van der Waals surface area contributed by atoms with Crippen molar-refractivity contribution in [2.45, 2.75) is 32.9 Å². The van der Waals surface area contributed by atoms with Crippen molar-refractivity contribution >= 4 is 5.69 Å². The van der Waals surface area contributed by atoms with Crippen molar-refractivity contribution in [3.63, 3.8) is 0 Å². The molecule has 1 heterocycles. The van der Waals surface area contributed by atoms with Crippen LogP contribution in [-0.2, 0) is 0 Å². The average Bonchev–Trinajstić information content (AvgIpc) is 2.30. The summed E-state index contributed by atoms with van der Waals surface area (Å²) in [6.45, 7) is 10.4. The van der Waals surface area contributed by atoms with Gasteiger partial charge in [0.15, 0.2) is 0 Å². The monoisotopic (exact) mass is 218 g/mol. The molecule has 0 radical (unpaired) electrons. The predicted molar refractivity (Wildman–Crippen MR) is 70.0 cm³/mol. The van der Waals surface area contributed by atoms with Gasteiger partial charge in [-0.25, -0.2) is 0 Å². The molecule has 16 heavy (non-hydrogen) atoms. The second kappa shape index (κ2) is 4.88. The molecule has 0 unspecified atom stereocenters. The molecule has 0 N–H and O–H groups in total. The normalized spacial score (nSPS) is 22.8. The van der Waals surface area contributed by atoms with E-state index in [2.05, 4.69) is 60.9 Å². The summed E-state index contributed by atoms with van der Waals surface area (Å²) in [6.07, 6.45) is 0. The third-order valence-electron chi connectivity index (χ3n) is 3.48. The quantitative estimate of drug-likeness (QED) is 0.753. The average molecular weight is 218 g/mol. The molecule has 0 aliphatic carbocycles. The lowest BCUT2D eigenvalue weighted by Crippen LogP contribution is -2.53. The molecule has 0 saturated carbocycles. The van der Waals surface area contributed by atoms with E-state index in [4.69, 9.17) is 0 Å². The predicted octanol–water partition coefficient (Wildman–Crippen LogP) is 2.61. The van der Waals surface area contributed by atoms with Crippen LogP contribution in [0.4, 0.5) is 5.69 Å². The smallest absolute Gasteiger partial charge is 0.0389 e. The van der Waals surface area contributed by atoms with Crippen LogP contribution in [0.2, 0.25) is 0 Å². The Kier molecular flexibility index (Phi) is 3.49. The molecule has 1 aliphatic heterocycles. The maximum absolute atomic E-state index is 2.56. The molecule has 1 fully saturated rings. The molecule has 0 bridgehead atoms. The summed E-state index contributed by atoms with van der Waals surface area (Å²) < 4.78 is 0. The van der Waals surface area contributed by atoms with E-state index in [9.17, 15) is 0 Å².